The van der Waals surface area contributed by atoms with E-state index >= 15 is 0 Å². The molecule has 1 heterocycles. The number of hydrogen-bond donors (Lipinski definition) is 1. The van der Waals surface area contributed by atoms with E-state index in [2.05, 4.69) is 24.4 Å². The van der Waals surface area contributed by atoms with Crippen molar-refractivity contribution in [2.24, 2.45) is 0 Å². The number of thioether (sulfide) groups is 1. The summed E-state index contributed by atoms with van der Waals surface area (Å²) < 4.78 is 10.7. The van der Waals surface area contributed by atoms with Crippen molar-refractivity contribution < 1.29 is 9.47 Å². The average molecular weight is 281 g/mol. The minimum absolute atomic E-state index is 0.392. The highest BCUT2D eigenvalue weighted by atomic mass is 32.2. The highest BCUT2D eigenvalue weighted by Gasteiger charge is 2.20. The summed E-state index contributed by atoms with van der Waals surface area (Å²) in [5.74, 6) is 4.10. The van der Waals surface area contributed by atoms with E-state index in [4.69, 9.17) is 9.47 Å². The highest BCUT2D eigenvalue weighted by Crippen LogP contribution is 2.31. The molecular weight excluding hydrogens is 258 g/mol. The molecule has 1 aliphatic rings. The second-order valence-electron chi connectivity index (χ2n) is 4.80. The van der Waals surface area contributed by atoms with Crippen molar-refractivity contribution in [2.45, 2.75) is 31.8 Å². The topological polar surface area (TPSA) is 30.5 Å². The molecule has 0 radical (unpaired) electrons. The lowest BCUT2D eigenvalue weighted by molar-refractivity contribution is 0.353. The molecule has 106 valence electrons. The number of ether oxygens (including phenoxy) is 2. The normalized spacial score (nSPS) is 20.3. The van der Waals surface area contributed by atoms with E-state index in [1.165, 1.54) is 23.5 Å². The van der Waals surface area contributed by atoms with Crippen molar-refractivity contribution in [1.82, 2.24) is 5.32 Å². The van der Waals surface area contributed by atoms with Gasteiger partial charge in [-0.05, 0) is 36.3 Å². The van der Waals surface area contributed by atoms with Gasteiger partial charge in [0.05, 0.1) is 14.2 Å². The quantitative estimate of drug-likeness (QED) is 0.867. The molecule has 19 heavy (non-hydrogen) atoms. The molecule has 1 aliphatic heterocycles. The average Bonchev–Trinajstić information content (AvgIpc) is 2.97. The van der Waals surface area contributed by atoms with E-state index in [0.717, 1.165) is 17.9 Å². The summed E-state index contributed by atoms with van der Waals surface area (Å²) in [4.78, 5) is 0. The van der Waals surface area contributed by atoms with Crippen molar-refractivity contribution in [1.29, 1.82) is 0 Å². The molecule has 1 fully saturated rings. The Morgan fingerprint density at radius 3 is 2.68 bits per heavy atom. The zero-order valence-corrected chi connectivity index (χ0v) is 12.8. The Morgan fingerprint density at radius 2 is 2.11 bits per heavy atom. The van der Waals surface area contributed by atoms with Gasteiger partial charge in [-0.3, -0.25) is 0 Å². The lowest BCUT2D eigenvalue weighted by Gasteiger charge is -2.22. The van der Waals surface area contributed by atoms with E-state index in [0.29, 0.717) is 12.1 Å². The Balaban J connectivity index is 2.12. The van der Waals surface area contributed by atoms with Crippen LogP contribution in [0.15, 0.2) is 18.2 Å². The summed E-state index contributed by atoms with van der Waals surface area (Å²) in [5.41, 5.74) is 1.28. The third kappa shape index (κ3) is 3.57. The highest BCUT2D eigenvalue weighted by molar-refractivity contribution is 7.99. The SMILES string of the molecule is CCC(NC1CCSC1)c1ccc(OC)c(OC)c1. The molecular formula is C15H23NO2S. The molecule has 2 rings (SSSR count). The first-order valence-electron chi connectivity index (χ1n) is 6.84. The first-order chi connectivity index (χ1) is 9.28. The molecule has 1 N–H and O–H groups in total. The third-order valence-corrected chi connectivity index (χ3v) is 4.75. The molecule has 0 spiro atoms. The minimum atomic E-state index is 0.392. The molecule has 1 aromatic rings. The van der Waals surface area contributed by atoms with Crippen LogP contribution in [0.4, 0.5) is 0 Å². The Bertz CT molecular complexity index is 405. The van der Waals surface area contributed by atoms with Gasteiger partial charge in [0.1, 0.15) is 0 Å². The van der Waals surface area contributed by atoms with Gasteiger partial charge in [-0.1, -0.05) is 13.0 Å². The maximum Gasteiger partial charge on any atom is 0.161 e. The van der Waals surface area contributed by atoms with E-state index in [-0.39, 0.29) is 0 Å². The molecule has 2 atom stereocenters. The molecule has 1 aromatic carbocycles. The van der Waals surface area contributed by atoms with Crippen LogP contribution in [0, 0.1) is 0 Å². The van der Waals surface area contributed by atoms with Crippen molar-refractivity contribution in [3.8, 4) is 11.5 Å². The van der Waals surface area contributed by atoms with Crippen LogP contribution in [-0.4, -0.2) is 31.8 Å². The van der Waals surface area contributed by atoms with Crippen LogP contribution in [0.5, 0.6) is 11.5 Å². The van der Waals surface area contributed by atoms with Crippen LogP contribution in [0.1, 0.15) is 31.4 Å². The van der Waals surface area contributed by atoms with Crippen molar-refractivity contribution in [3.05, 3.63) is 23.8 Å². The fourth-order valence-electron chi connectivity index (χ4n) is 2.47. The Labute approximate surface area is 120 Å². The Hall–Kier alpha value is -0.870. The molecule has 0 saturated carbocycles. The summed E-state index contributed by atoms with van der Waals surface area (Å²) in [6, 6.07) is 7.24. The van der Waals surface area contributed by atoms with Gasteiger partial charge >= 0.3 is 0 Å². The first-order valence-corrected chi connectivity index (χ1v) is 7.99. The summed E-state index contributed by atoms with van der Waals surface area (Å²) in [5, 5.41) is 3.75. The minimum Gasteiger partial charge on any atom is -0.493 e. The monoisotopic (exact) mass is 281 g/mol. The second-order valence-corrected chi connectivity index (χ2v) is 5.95. The van der Waals surface area contributed by atoms with Gasteiger partial charge in [0.15, 0.2) is 11.5 Å². The second kappa shape index (κ2) is 7.06. The van der Waals surface area contributed by atoms with Crippen molar-refractivity contribution in [2.75, 3.05) is 25.7 Å². The summed E-state index contributed by atoms with van der Waals surface area (Å²) in [6.07, 6.45) is 2.35. The van der Waals surface area contributed by atoms with Crippen LogP contribution in [0.3, 0.4) is 0 Å². The summed E-state index contributed by atoms with van der Waals surface area (Å²) in [6.45, 7) is 2.22. The van der Waals surface area contributed by atoms with Gasteiger partial charge in [-0.25, -0.2) is 0 Å². The number of methoxy groups -OCH3 is 2. The van der Waals surface area contributed by atoms with Crippen LogP contribution in [0.25, 0.3) is 0 Å². The first kappa shape index (κ1) is 14.5. The Kier molecular flexibility index (Phi) is 5.40. The lowest BCUT2D eigenvalue weighted by Crippen LogP contribution is -2.32. The standard InChI is InChI=1S/C15H23NO2S/c1-4-13(16-12-7-8-19-10-12)11-5-6-14(17-2)15(9-11)18-3/h5-6,9,12-13,16H,4,7-8,10H2,1-3H3. The van der Waals surface area contributed by atoms with Gasteiger partial charge in [0, 0.05) is 17.8 Å². The van der Waals surface area contributed by atoms with Crippen LogP contribution in [-0.2, 0) is 0 Å². The van der Waals surface area contributed by atoms with E-state index < -0.39 is 0 Å². The number of nitrogens with one attached hydrogen (secondary N) is 1. The molecule has 1 saturated heterocycles. The van der Waals surface area contributed by atoms with Crippen LogP contribution >= 0.6 is 11.8 Å². The number of benzene rings is 1. The maximum absolute atomic E-state index is 5.38. The van der Waals surface area contributed by atoms with Crippen molar-refractivity contribution >= 4 is 11.8 Å². The van der Waals surface area contributed by atoms with Crippen molar-refractivity contribution in [3.63, 3.8) is 0 Å². The lowest BCUT2D eigenvalue weighted by atomic mass is 10.0. The molecule has 0 bridgehead atoms. The number of hydrogen-bond acceptors (Lipinski definition) is 4. The third-order valence-electron chi connectivity index (χ3n) is 3.58. The van der Waals surface area contributed by atoms with Gasteiger partial charge in [0.25, 0.3) is 0 Å². The van der Waals surface area contributed by atoms with E-state index in [9.17, 15) is 0 Å². The maximum atomic E-state index is 5.38. The largest absolute Gasteiger partial charge is 0.493 e. The molecule has 2 unspecified atom stereocenters. The Morgan fingerprint density at radius 1 is 1.32 bits per heavy atom. The van der Waals surface area contributed by atoms with Crippen LogP contribution in [0.2, 0.25) is 0 Å². The molecule has 0 aromatic heterocycles. The predicted octanol–water partition coefficient (Wildman–Crippen LogP) is 3.25. The zero-order valence-electron chi connectivity index (χ0n) is 11.9. The molecule has 3 nitrogen and oxygen atoms in total. The van der Waals surface area contributed by atoms with Gasteiger partial charge < -0.3 is 14.8 Å². The smallest absolute Gasteiger partial charge is 0.161 e. The predicted molar refractivity (Wildman–Crippen MR) is 81.4 cm³/mol. The molecule has 4 heteroatoms. The molecule has 0 aliphatic carbocycles. The fraction of sp³-hybridized carbons (Fsp3) is 0.600. The molecule has 0 amide bonds. The summed E-state index contributed by atoms with van der Waals surface area (Å²) in [7, 11) is 3.35. The van der Waals surface area contributed by atoms with Gasteiger partial charge in [-0.15, -0.1) is 0 Å². The van der Waals surface area contributed by atoms with Gasteiger partial charge in [-0.2, -0.15) is 11.8 Å². The van der Waals surface area contributed by atoms with Gasteiger partial charge in [0.2, 0.25) is 0 Å². The van der Waals surface area contributed by atoms with Crippen LogP contribution < -0.4 is 14.8 Å². The van der Waals surface area contributed by atoms with E-state index in [1.54, 1.807) is 14.2 Å². The zero-order chi connectivity index (χ0) is 13.7. The fourth-order valence-corrected chi connectivity index (χ4v) is 3.64. The van der Waals surface area contributed by atoms with E-state index in [1.807, 2.05) is 17.8 Å². The summed E-state index contributed by atoms with van der Waals surface area (Å²) >= 11 is 2.04. The number of rotatable bonds is 6.